The third-order valence-electron chi connectivity index (χ3n) is 2.60. The van der Waals surface area contributed by atoms with Crippen LogP contribution in [0.3, 0.4) is 0 Å². The van der Waals surface area contributed by atoms with Gasteiger partial charge in [0, 0.05) is 5.56 Å². The Labute approximate surface area is 104 Å². The van der Waals surface area contributed by atoms with Gasteiger partial charge in [-0.1, -0.05) is 19.1 Å². The Balaban J connectivity index is 3.31. The van der Waals surface area contributed by atoms with Crippen molar-refractivity contribution in [3.63, 3.8) is 0 Å². The number of benzene rings is 1. The molecule has 0 aliphatic carbocycles. The Kier molecular flexibility index (Phi) is 4.70. The molecule has 0 saturated carbocycles. The number of aryl methyl sites for hydroxylation is 1. The molecular weight excluding hydrogens is 244 g/mol. The summed E-state index contributed by atoms with van der Waals surface area (Å²) < 4.78 is 53.4. The first-order chi connectivity index (χ1) is 8.38. The van der Waals surface area contributed by atoms with Crippen LogP contribution in [0.25, 0.3) is 5.57 Å². The highest BCUT2D eigenvalue weighted by Crippen LogP contribution is 2.30. The highest BCUT2D eigenvalue weighted by molar-refractivity contribution is 5.69. The van der Waals surface area contributed by atoms with Gasteiger partial charge in [-0.25, -0.2) is 17.6 Å². The van der Waals surface area contributed by atoms with Crippen LogP contribution in [0.2, 0.25) is 0 Å². The normalized spacial score (nSPS) is 14.2. The van der Waals surface area contributed by atoms with Gasteiger partial charge in [-0.3, -0.25) is 0 Å². The minimum Gasteiger partial charge on any atom is -0.209 e. The van der Waals surface area contributed by atoms with E-state index in [-0.39, 0.29) is 17.6 Å². The third-order valence-corrected chi connectivity index (χ3v) is 2.60. The molecule has 0 fully saturated rings. The molecule has 0 aliphatic heterocycles. The van der Waals surface area contributed by atoms with Gasteiger partial charge in [0.15, 0.2) is 11.7 Å². The van der Waals surface area contributed by atoms with E-state index in [1.807, 2.05) is 0 Å². The number of rotatable bonds is 3. The van der Waals surface area contributed by atoms with E-state index < -0.39 is 23.3 Å². The zero-order valence-electron chi connectivity index (χ0n) is 10.5. The van der Waals surface area contributed by atoms with Crippen molar-refractivity contribution in [2.45, 2.75) is 27.2 Å². The summed E-state index contributed by atoms with van der Waals surface area (Å²) in [6.07, 6.45) is -0.247. The SMILES string of the molecule is CC/C(F)=C(F)\C(F)=C(/C)c1ccc(C)cc1F. The van der Waals surface area contributed by atoms with Crippen LogP contribution in [-0.2, 0) is 0 Å². The van der Waals surface area contributed by atoms with E-state index in [0.29, 0.717) is 5.56 Å². The number of halogens is 4. The Morgan fingerprint density at radius 3 is 2.22 bits per heavy atom. The molecule has 98 valence electrons. The first-order valence-corrected chi connectivity index (χ1v) is 5.55. The van der Waals surface area contributed by atoms with Gasteiger partial charge in [-0.15, -0.1) is 0 Å². The largest absolute Gasteiger partial charge is 0.209 e. The van der Waals surface area contributed by atoms with Crippen molar-refractivity contribution in [3.05, 3.63) is 52.6 Å². The fraction of sp³-hybridized carbons (Fsp3) is 0.286. The van der Waals surface area contributed by atoms with Gasteiger partial charge in [0.1, 0.15) is 11.6 Å². The summed E-state index contributed by atoms with van der Waals surface area (Å²) in [6.45, 7) is 4.26. The minimum absolute atomic E-state index is 0.0721. The van der Waals surface area contributed by atoms with Crippen molar-refractivity contribution >= 4 is 5.57 Å². The summed E-state index contributed by atoms with van der Waals surface area (Å²) in [5.41, 5.74) is 0.339. The summed E-state index contributed by atoms with van der Waals surface area (Å²) in [7, 11) is 0. The molecule has 0 bridgehead atoms. The Hall–Kier alpha value is -1.58. The van der Waals surface area contributed by atoms with Crippen LogP contribution in [0.1, 0.15) is 31.4 Å². The monoisotopic (exact) mass is 258 g/mol. The smallest absolute Gasteiger partial charge is 0.190 e. The van der Waals surface area contributed by atoms with Crippen LogP contribution in [0.15, 0.2) is 35.7 Å². The van der Waals surface area contributed by atoms with E-state index in [2.05, 4.69) is 0 Å². The van der Waals surface area contributed by atoms with Crippen molar-refractivity contribution in [2.24, 2.45) is 0 Å². The molecule has 0 radical (unpaired) electrons. The molecule has 1 aromatic carbocycles. The lowest BCUT2D eigenvalue weighted by molar-refractivity contribution is 0.482. The number of allylic oxidation sites excluding steroid dienone is 4. The van der Waals surface area contributed by atoms with E-state index in [4.69, 9.17) is 0 Å². The second-order valence-electron chi connectivity index (χ2n) is 3.99. The van der Waals surface area contributed by atoms with Gasteiger partial charge < -0.3 is 0 Å². The maximum Gasteiger partial charge on any atom is 0.190 e. The molecule has 0 heterocycles. The summed E-state index contributed by atoms with van der Waals surface area (Å²) >= 11 is 0. The van der Waals surface area contributed by atoms with E-state index in [0.717, 1.165) is 0 Å². The second kappa shape index (κ2) is 5.85. The molecule has 4 heteroatoms. The molecule has 0 aliphatic rings. The van der Waals surface area contributed by atoms with E-state index in [1.165, 1.54) is 26.0 Å². The quantitative estimate of drug-likeness (QED) is 0.503. The lowest BCUT2D eigenvalue weighted by Gasteiger charge is -2.06. The fourth-order valence-corrected chi connectivity index (χ4v) is 1.48. The molecular formula is C14H14F4. The van der Waals surface area contributed by atoms with Gasteiger partial charge >= 0.3 is 0 Å². The van der Waals surface area contributed by atoms with E-state index in [1.54, 1.807) is 13.0 Å². The van der Waals surface area contributed by atoms with Crippen molar-refractivity contribution in [1.29, 1.82) is 0 Å². The molecule has 0 saturated heterocycles. The Morgan fingerprint density at radius 1 is 1.11 bits per heavy atom. The molecule has 1 aromatic rings. The Bertz CT molecular complexity index is 513. The van der Waals surface area contributed by atoms with Crippen molar-refractivity contribution in [1.82, 2.24) is 0 Å². The van der Waals surface area contributed by atoms with Gasteiger partial charge in [0.05, 0.1) is 0 Å². The highest BCUT2D eigenvalue weighted by Gasteiger charge is 2.16. The topological polar surface area (TPSA) is 0 Å². The number of hydrogen-bond acceptors (Lipinski definition) is 0. The molecule has 0 nitrogen and oxygen atoms in total. The van der Waals surface area contributed by atoms with Crippen LogP contribution in [0.5, 0.6) is 0 Å². The average molecular weight is 258 g/mol. The summed E-state index contributed by atoms with van der Waals surface area (Å²) in [5, 5.41) is 0. The summed E-state index contributed by atoms with van der Waals surface area (Å²) in [6, 6.07) is 4.13. The standard InChI is InChI=1S/C14H14F4/c1-4-11(15)14(18)13(17)9(3)10-6-5-8(2)7-12(10)16/h5-7H,4H2,1-3H3/b13-9-,14-11-. The molecule has 0 amide bonds. The van der Waals surface area contributed by atoms with Gasteiger partial charge in [-0.2, -0.15) is 0 Å². The van der Waals surface area contributed by atoms with Crippen molar-refractivity contribution < 1.29 is 17.6 Å². The predicted octanol–water partition coefficient (Wildman–Crippen LogP) is 5.40. The lowest BCUT2D eigenvalue weighted by atomic mass is 10.0. The zero-order chi connectivity index (χ0) is 13.9. The molecule has 0 atom stereocenters. The van der Waals surface area contributed by atoms with Crippen LogP contribution in [-0.4, -0.2) is 0 Å². The predicted molar refractivity (Wildman–Crippen MR) is 64.4 cm³/mol. The minimum atomic E-state index is -1.56. The van der Waals surface area contributed by atoms with Crippen LogP contribution in [0.4, 0.5) is 17.6 Å². The molecule has 0 spiro atoms. The van der Waals surface area contributed by atoms with Crippen LogP contribution >= 0.6 is 0 Å². The Morgan fingerprint density at radius 2 is 1.72 bits per heavy atom. The summed E-state index contributed by atoms with van der Waals surface area (Å²) in [4.78, 5) is 0. The van der Waals surface area contributed by atoms with E-state index in [9.17, 15) is 17.6 Å². The van der Waals surface area contributed by atoms with E-state index >= 15 is 0 Å². The lowest BCUT2D eigenvalue weighted by Crippen LogP contribution is -1.92. The molecule has 0 N–H and O–H groups in total. The van der Waals surface area contributed by atoms with Crippen LogP contribution in [0, 0.1) is 12.7 Å². The molecule has 0 aromatic heterocycles. The first-order valence-electron chi connectivity index (χ1n) is 5.55. The molecule has 0 unspecified atom stereocenters. The maximum absolute atomic E-state index is 13.6. The van der Waals surface area contributed by atoms with Gasteiger partial charge in [0.25, 0.3) is 0 Å². The highest BCUT2D eigenvalue weighted by atomic mass is 19.2. The molecule has 1 rings (SSSR count). The second-order valence-corrected chi connectivity index (χ2v) is 3.99. The average Bonchev–Trinajstić information content (AvgIpc) is 2.35. The maximum atomic E-state index is 13.6. The van der Waals surface area contributed by atoms with Crippen molar-refractivity contribution in [2.75, 3.05) is 0 Å². The zero-order valence-corrected chi connectivity index (χ0v) is 10.5. The summed E-state index contributed by atoms with van der Waals surface area (Å²) in [5.74, 6) is -4.76. The fourth-order valence-electron chi connectivity index (χ4n) is 1.48. The number of hydrogen-bond donors (Lipinski definition) is 0. The first kappa shape index (κ1) is 14.5. The molecule has 18 heavy (non-hydrogen) atoms. The van der Waals surface area contributed by atoms with Gasteiger partial charge in [0.2, 0.25) is 0 Å². The van der Waals surface area contributed by atoms with Gasteiger partial charge in [-0.05, 0) is 37.5 Å². The third kappa shape index (κ3) is 3.00. The van der Waals surface area contributed by atoms with Crippen LogP contribution < -0.4 is 0 Å². The van der Waals surface area contributed by atoms with Crippen molar-refractivity contribution in [3.8, 4) is 0 Å².